The van der Waals surface area contributed by atoms with Crippen LogP contribution in [0.25, 0.3) is 0 Å². The predicted octanol–water partition coefficient (Wildman–Crippen LogP) is 3.86. The Morgan fingerprint density at radius 2 is 1.89 bits per heavy atom. The van der Waals surface area contributed by atoms with Gasteiger partial charge in [0.1, 0.15) is 5.75 Å². The van der Waals surface area contributed by atoms with Gasteiger partial charge in [0.05, 0.1) is 12.7 Å². The number of hydrogen-bond acceptors (Lipinski definition) is 2. The number of ether oxygens (including phenoxy) is 1. The molecule has 0 amide bonds. The molecular formula is C13H13F3O2. The largest absolute Gasteiger partial charge is 0.496 e. The summed E-state index contributed by atoms with van der Waals surface area (Å²) >= 11 is 0. The fourth-order valence-corrected chi connectivity index (χ4v) is 1.43. The number of carbonyl (C=O) groups excluding carboxylic acids is 1. The lowest BCUT2D eigenvalue weighted by Gasteiger charge is -2.12. The highest BCUT2D eigenvalue weighted by Crippen LogP contribution is 2.36. The summed E-state index contributed by atoms with van der Waals surface area (Å²) < 4.78 is 42.8. The normalized spacial score (nSPS) is 11.0. The van der Waals surface area contributed by atoms with Crippen LogP contribution in [0.3, 0.4) is 0 Å². The minimum absolute atomic E-state index is 0.00988. The molecule has 0 radical (unpaired) electrons. The Bertz CT molecular complexity index is 483. The van der Waals surface area contributed by atoms with Gasteiger partial charge in [-0.25, -0.2) is 0 Å². The van der Waals surface area contributed by atoms with Crippen LogP contribution in [0.4, 0.5) is 13.2 Å². The molecule has 5 heteroatoms. The highest BCUT2D eigenvalue weighted by atomic mass is 19.4. The van der Waals surface area contributed by atoms with Gasteiger partial charge in [-0.15, -0.1) is 0 Å². The molecule has 0 saturated carbocycles. The fourth-order valence-electron chi connectivity index (χ4n) is 1.43. The van der Waals surface area contributed by atoms with Crippen LogP contribution < -0.4 is 4.74 Å². The van der Waals surface area contributed by atoms with E-state index in [9.17, 15) is 18.0 Å². The molecule has 0 aliphatic heterocycles. The first-order valence-electron chi connectivity index (χ1n) is 5.20. The minimum Gasteiger partial charge on any atom is -0.496 e. The zero-order valence-electron chi connectivity index (χ0n) is 10.3. The molecule has 98 valence electrons. The van der Waals surface area contributed by atoms with Crippen molar-refractivity contribution in [2.24, 2.45) is 0 Å². The topological polar surface area (TPSA) is 26.3 Å². The predicted molar refractivity (Wildman–Crippen MR) is 61.8 cm³/mol. The van der Waals surface area contributed by atoms with Crippen molar-refractivity contribution < 1.29 is 22.7 Å². The van der Waals surface area contributed by atoms with Crippen molar-refractivity contribution in [1.29, 1.82) is 0 Å². The van der Waals surface area contributed by atoms with Crippen LogP contribution in [0.2, 0.25) is 0 Å². The molecule has 0 N–H and O–H groups in total. The molecular weight excluding hydrogens is 245 g/mol. The quantitative estimate of drug-likeness (QED) is 0.607. The summed E-state index contributed by atoms with van der Waals surface area (Å²) in [6, 6.07) is 3.27. The molecule has 1 aromatic rings. The molecule has 1 aromatic carbocycles. The third kappa shape index (κ3) is 3.35. The Morgan fingerprint density at radius 1 is 1.28 bits per heavy atom. The molecule has 0 saturated heterocycles. The summed E-state index contributed by atoms with van der Waals surface area (Å²) in [5.74, 6) is -0.751. The zero-order chi connectivity index (χ0) is 13.9. The Labute approximate surface area is 103 Å². The summed E-state index contributed by atoms with van der Waals surface area (Å²) in [6.45, 7) is 3.40. The average Bonchev–Trinajstić information content (AvgIpc) is 2.26. The van der Waals surface area contributed by atoms with Crippen LogP contribution in [0, 0.1) is 0 Å². The number of halogens is 3. The minimum atomic E-state index is -4.55. The summed E-state index contributed by atoms with van der Waals surface area (Å²) in [5.41, 5.74) is -0.230. The molecule has 0 atom stereocenters. The van der Waals surface area contributed by atoms with Gasteiger partial charge >= 0.3 is 6.18 Å². The molecule has 0 heterocycles. The van der Waals surface area contributed by atoms with E-state index >= 15 is 0 Å². The SMILES string of the molecule is COc1ccc(C(=O)C=C(C)C)cc1C(F)(F)F. The molecule has 0 aromatic heterocycles. The summed E-state index contributed by atoms with van der Waals surface area (Å²) in [4.78, 5) is 11.6. The molecule has 0 fully saturated rings. The van der Waals surface area contributed by atoms with E-state index in [4.69, 9.17) is 0 Å². The maximum absolute atomic E-state index is 12.7. The molecule has 0 bridgehead atoms. The lowest BCUT2D eigenvalue weighted by atomic mass is 10.0. The van der Waals surface area contributed by atoms with E-state index in [2.05, 4.69) is 4.74 Å². The number of methoxy groups -OCH3 is 1. The third-order valence-corrected chi connectivity index (χ3v) is 2.21. The second kappa shape index (κ2) is 5.25. The van der Waals surface area contributed by atoms with Gasteiger partial charge in [-0.2, -0.15) is 13.2 Å². The van der Waals surface area contributed by atoms with Crippen molar-refractivity contribution in [3.63, 3.8) is 0 Å². The van der Waals surface area contributed by atoms with Crippen LogP contribution in [0.1, 0.15) is 29.8 Å². The van der Waals surface area contributed by atoms with Gasteiger partial charge in [0.25, 0.3) is 0 Å². The van der Waals surface area contributed by atoms with Crippen molar-refractivity contribution >= 4 is 5.78 Å². The zero-order valence-corrected chi connectivity index (χ0v) is 10.3. The lowest BCUT2D eigenvalue weighted by Crippen LogP contribution is -2.09. The third-order valence-electron chi connectivity index (χ3n) is 2.21. The number of allylic oxidation sites excluding steroid dienone is 2. The lowest BCUT2D eigenvalue weighted by molar-refractivity contribution is -0.138. The first-order chi connectivity index (χ1) is 8.25. The van der Waals surface area contributed by atoms with Gasteiger partial charge in [0, 0.05) is 5.56 Å². The monoisotopic (exact) mass is 258 g/mol. The van der Waals surface area contributed by atoms with Crippen molar-refractivity contribution in [1.82, 2.24) is 0 Å². The summed E-state index contributed by atoms with van der Waals surface area (Å²) in [6.07, 6.45) is -3.26. The first-order valence-corrected chi connectivity index (χ1v) is 5.20. The fraction of sp³-hybridized carbons (Fsp3) is 0.308. The van der Waals surface area contributed by atoms with Gasteiger partial charge in [-0.3, -0.25) is 4.79 Å². The van der Waals surface area contributed by atoms with E-state index in [0.717, 1.165) is 24.8 Å². The standard InChI is InChI=1S/C13H13F3O2/c1-8(2)6-11(17)9-4-5-12(18-3)10(7-9)13(14,15)16/h4-7H,1-3H3. The molecule has 1 rings (SSSR count). The molecule has 18 heavy (non-hydrogen) atoms. The second-order valence-corrected chi connectivity index (χ2v) is 4.00. The van der Waals surface area contributed by atoms with E-state index in [1.807, 2.05) is 0 Å². The molecule has 0 unspecified atom stereocenters. The highest BCUT2D eigenvalue weighted by Gasteiger charge is 2.34. The van der Waals surface area contributed by atoms with Gasteiger partial charge in [-0.05, 0) is 38.1 Å². The van der Waals surface area contributed by atoms with Crippen molar-refractivity contribution in [2.45, 2.75) is 20.0 Å². The second-order valence-electron chi connectivity index (χ2n) is 4.00. The molecule has 0 spiro atoms. The number of carbonyl (C=O) groups is 1. The van der Waals surface area contributed by atoms with E-state index in [-0.39, 0.29) is 11.3 Å². The number of alkyl halides is 3. The van der Waals surface area contributed by atoms with Crippen LogP contribution in [0.15, 0.2) is 29.8 Å². The number of benzene rings is 1. The Balaban J connectivity index is 3.27. The van der Waals surface area contributed by atoms with E-state index < -0.39 is 17.5 Å². The highest BCUT2D eigenvalue weighted by molar-refractivity contribution is 6.05. The van der Waals surface area contributed by atoms with Crippen molar-refractivity contribution in [3.8, 4) is 5.75 Å². The van der Waals surface area contributed by atoms with Crippen molar-refractivity contribution in [3.05, 3.63) is 41.0 Å². The van der Waals surface area contributed by atoms with Gasteiger partial charge in [0.15, 0.2) is 5.78 Å². The van der Waals surface area contributed by atoms with E-state index in [1.165, 1.54) is 12.1 Å². The van der Waals surface area contributed by atoms with Gasteiger partial charge in [0.2, 0.25) is 0 Å². The number of ketones is 1. The Hall–Kier alpha value is -1.78. The number of rotatable bonds is 3. The molecule has 0 aliphatic carbocycles. The Kier molecular flexibility index (Phi) is 4.16. The Morgan fingerprint density at radius 3 is 2.33 bits per heavy atom. The van der Waals surface area contributed by atoms with Gasteiger partial charge < -0.3 is 4.74 Å². The maximum atomic E-state index is 12.7. The maximum Gasteiger partial charge on any atom is 0.419 e. The number of hydrogen-bond donors (Lipinski definition) is 0. The molecule has 2 nitrogen and oxygen atoms in total. The van der Waals surface area contributed by atoms with Crippen LogP contribution in [-0.2, 0) is 6.18 Å². The van der Waals surface area contributed by atoms with Crippen LogP contribution in [-0.4, -0.2) is 12.9 Å². The first kappa shape index (κ1) is 14.3. The molecule has 0 aliphatic rings. The average molecular weight is 258 g/mol. The summed E-state index contributed by atoms with van der Waals surface area (Å²) in [5, 5.41) is 0. The summed E-state index contributed by atoms with van der Waals surface area (Å²) in [7, 11) is 1.15. The van der Waals surface area contributed by atoms with E-state index in [0.29, 0.717) is 0 Å². The van der Waals surface area contributed by atoms with Gasteiger partial charge in [-0.1, -0.05) is 5.57 Å². The van der Waals surface area contributed by atoms with E-state index in [1.54, 1.807) is 13.8 Å². The smallest absolute Gasteiger partial charge is 0.419 e. The van der Waals surface area contributed by atoms with Crippen LogP contribution in [0.5, 0.6) is 5.75 Å². The van der Waals surface area contributed by atoms with Crippen LogP contribution >= 0.6 is 0 Å². The van der Waals surface area contributed by atoms with Crippen molar-refractivity contribution in [2.75, 3.05) is 7.11 Å².